The van der Waals surface area contributed by atoms with Gasteiger partial charge < -0.3 is 59.8 Å². The first-order valence-corrected chi connectivity index (χ1v) is 20.1. The first-order valence-electron chi connectivity index (χ1n) is 17.3. The van der Waals surface area contributed by atoms with E-state index in [1.165, 1.54) is 35.4 Å². The van der Waals surface area contributed by atoms with E-state index in [-0.39, 0.29) is 108 Å². The third-order valence-corrected chi connectivity index (χ3v) is 11.4. The van der Waals surface area contributed by atoms with Crippen molar-refractivity contribution in [1.82, 2.24) is 15.2 Å². The molecule has 0 spiro atoms. The predicted molar refractivity (Wildman–Crippen MR) is 195 cm³/mol. The van der Waals surface area contributed by atoms with E-state index < -0.39 is 39.3 Å². The number of aliphatic hydroxyl groups is 2. The number of ketones is 1. The molecule has 0 saturated carbocycles. The van der Waals surface area contributed by atoms with Gasteiger partial charge in [0.2, 0.25) is 12.2 Å². The van der Waals surface area contributed by atoms with Crippen LogP contribution in [0, 0.1) is 5.82 Å². The zero-order valence-corrected chi connectivity index (χ0v) is 32.4. The van der Waals surface area contributed by atoms with Crippen LogP contribution in [0.1, 0.15) is 28.3 Å². The summed E-state index contributed by atoms with van der Waals surface area (Å²) in [6.07, 6.45) is 2.95. The number of rotatable bonds is 24. The molecule has 57 heavy (non-hydrogen) atoms. The third kappa shape index (κ3) is 14.6. The molecule has 2 aromatic carbocycles. The Morgan fingerprint density at radius 2 is 1.70 bits per heavy atom. The van der Waals surface area contributed by atoms with Crippen LogP contribution in [0.4, 0.5) is 4.39 Å². The van der Waals surface area contributed by atoms with E-state index in [0.717, 1.165) is 4.57 Å². The zero-order chi connectivity index (χ0) is 40.7. The van der Waals surface area contributed by atoms with Crippen LogP contribution < -0.4 is 24.7 Å². The van der Waals surface area contributed by atoms with Crippen LogP contribution in [0.5, 0.6) is 11.5 Å². The van der Waals surface area contributed by atoms with Crippen LogP contribution in [0.15, 0.2) is 61.2 Å². The second kappa shape index (κ2) is 22.6. The number of amides is 2. The molecule has 4 unspecified atom stereocenters. The third-order valence-electron chi connectivity index (χ3n) is 8.24. The fourth-order valence-electron chi connectivity index (χ4n) is 5.24. The first-order chi connectivity index (χ1) is 26.7. The predicted octanol–water partition coefficient (Wildman–Crippen LogP) is -0.880. The Morgan fingerprint density at radius 3 is 2.37 bits per heavy atom. The Bertz CT molecular complexity index is 1850. The van der Waals surface area contributed by atoms with Crippen molar-refractivity contribution in [3.05, 3.63) is 78.1 Å². The molecule has 20 nitrogen and oxygen atoms in total. The maximum Gasteiger partial charge on any atom is 0.559 e. The molecular formula is C34H47FN4O16P2+2. The minimum Gasteiger partial charge on any atom is -0.492 e. The summed E-state index contributed by atoms with van der Waals surface area (Å²) in [6, 6.07) is 10.4. The van der Waals surface area contributed by atoms with Gasteiger partial charge in [0.15, 0.2) is 18.9 Å². The van der Waals surface area contributed by atoms with E-state index in [4.69, 9.17) is 23.7 Å². The number of Topliss-reactive ketones (excluding diaryl/α,β-unsaturated/α-hetero) is 1. The molecule has 1 aliphatic rings. The standard InChI is InChI=1S/C34H43FN4O15P2.H2O/c35-25-3-1-24(2-4-25)29-20-54-30-17-27(5-6-28(30)33(29)43)53-21-32(42)36-8-12-51-14-16-52-15-13-50-11-7-31(41)37-18-26(40)19-38-9-10-39(23-38)22-34(44,55(45)46)56(47,48)49;/h1-6,9-10,17,23,26,29,40,44H,7-8,11-16,18-22H2,(H3-2,36,37,41,42,45,46,47,48,49);1H2/p+2. The van der Waals surface area contributed by atoms with Crippen molar-refractivity contribution in [2.24, 2.45) is 0 Å². The van der Waals surface area contributed by atoms with E-state index in [1.807, 2.05) is 0 Å². The number of hydrogen-bond donors (Lipinski definition) is 7. The minimum atomic E-state index is -5.35. The summed E-state index contributed by atoms with van der Waals surface area (Å²) in [5.74, 6) is -1.11. The molecule has 314 valence electrons. The van der Waals surface area contributed by atoms with Crippen LogP contribution in [-0.4, -0.2) is 130 Å². The molecular weight excluding hydrogens is 801 g/mol. The summed E-state index contributed by atoms with van der Waals surface area (Å²) in [7, 11) is -8.99. The van der Waals surface area contributed by atoms with E-state index in [9.17, 15) is 52.8 Å². The topological polar surface area (TPSA) is 297 Å². The van der Waals surface area contributed by atoms with Gasteiger partial charge in [0.25, 0.3) is 5.91 Å². The molecule has 4 atom stereocenters. The fourth-order valence-corrected chi connectivity index (χ4v) is 6.76. The lowest BCUT2D eigenvalue weighted by molar-refractivity contribution is -0.702. The molecule has 0 bridgehead atoms. The van der Waals surface area contributed by atoms with Crippen molar-refractivity contribution < 1.29 is 86.5 Å². The number of fused-ring (bicyclic) bond motifs is 1. The van der Waals surface area contributed by atoms with E-state index >= 15 is 0 Å². The van der Waals surface area contributed by atoms with Crippen LogP contribution in [0.25, 0.3) is 0 Å². The lowest BCUT2D eigenvalue weighted by atomic mass is 9.89. The Morgan fingerprint density at radius 1 is 1.04 bits per heavy atom. The number of carbonyl (C=O) groups is 3. The van der Waals surface area contributed by atoms with Gasteiger partial charge in [-0.1, -0.05) is 12.1 Å². The van der Waals surface area contributed by atoms with Gasteiger partial charge in [-0.05, 0) is 34.4 Å². The highest BCUT2D eigenvalue weighted by atomic mass is 31.2. The van der Waals surface area contributed by atoms with Crippen molar-refractivity contribution in [3.8, 4) is 11.5 Å². The summed E-state index contributed by atoms with van der Waals surface area (Å²) in [6.45, 7) is 0.462. The Labute approximate surface area is 326 Å². The molecule has 1 aliphatic heterocycles. The molecule has 3 aromatic rings. The van der Waals surface area contributed by atoms with Gasteiger partial charge in [-0.2, -0.15) is 4.89 Å². The molecule has 2 amide bonds. The number of imidazole rings is 1. The highest BCUT2D eigenvalue weighted by Crippen LogP contribution is 2.60. The summed E-state index contributed by atoms with van der Waals surface area (Å²) in [4.78, 5) is 64.9. The zero-order valence-electron chi connectivity index (χ0n) is 30.6. The summed E-state index contributed by atoms with van der Waals surface area (Å²) in [5, 5.41) is 22.3. The van der Waals surface area contributed by atoms with Crippen molar-refractivity contribution in [2.45, 2.75) is 36.6 Å². The monoisotopic (exact) mass is 848 g/mol. The fraction of sp³-hybridized carbons (Fsp3) is 0.471. The molecule has 4 rings (SSSR count). The molecule has 9 N–H and O–H groups in total. The molecule has 0 saturated heterocycles. The first kappa shape index (κ1) is 47.1. The number of hydrogen-bond acceptors (Lipinski definition) is 12. The average molecular weight is 849 g/mol. The molecule has 0 radical (unpaired) electrons. The summed E-state index contributed by atoms with van der Waals surface area (Å²) < 4.78 is 66.1. The number of nitrogens with zero attached hydrogens (tertiary/aromatic N) is 2. The van der Waals surface area contributed by atoms with E-state index in [2.05, 4.69) is 10.6 Å². The molecule has 0 fully saturated rings. The number of aliphatic hydroxyl groups excluding tert-OH is 1. The van der Waals surface area contributed by atoms with Gasteiger partial charge in [-0.15, -0.1) is 0 Å². The summed E-state index contributed by atoms with van der Waals surface area (Å²) >= 11 is 0. The van der Waals surface area contributed by atoms with Gasteiger partial charge in [-0.25, -0.2) is 13.5 Å². The number of benzene rings is 2. The van der Waals surface area contributed by atoms with Crippen molar-refractivity contribution >= 4 is 33.2 Å². The number of nitrogens with one attached hydrogen (secondary N) is 2. The molecule has 1 aromatic heterocycles. The Balaban J connectivity index is 0.00000870. The molecule has 2 heterocycles. The van der Waals surface area contributed by atoms with Gasteiger partial charge in [0.1, 0.15) is 49.0 Å². The van der Waals surface area contributed by atoms with E-state index in [1.54, 1.807) is 30.3 Å². The minimum absolute atomic E-state index is 0. The summed E-state index contributed by atoms with van der Waals surface area (Å²) in [5.41, 5.74) is 1.04. The number of carbonyl (C=O) groups excluding carboxylic acids is 3. The van der Waals surface area contributed by atoms with Crippen LogP contribution >= 0.6 is 15.6 Å². The quantitative estimate of drug-likeness (QED) is 0.0327. The van der Waals surface area contributed by atoms with Crippen LogP contribution in [-0.2, 0) is 46.0 Å². The second-order valence-electron chi connectivity index (χ2n) is 12.5. The number of halogens is 1. The van der Waals surface area contributed by atoms with Crippen molar-refractivity contribution in [2.75, 3.05) is 65.9 Å². The lowest BCUT2D eigenvalue weighted by Crippen LogP contribution is -2.44. The normalized spacial score (nSPS) is 15.6. The van der Waals surface area contributed by atoms with Gasteiger partial charge >= 0.3 is 20.7 Å². The Kier molecular flexibility index (Phi) is 18.7. The Hall–Kier alpha value is -4.24. The highest BCUT2D eigenvalue weighted by molar-refractivity contribution is 7.66. The smallest absolute Gasteiger partial charge is 0.492 e. The second-order valence-corrected chi connectivity index (χ2v) is 16.0. The van der Waals surface area contributed by atoms with Gasteiger partial charge in [0.05, 0.1) is 51.1 Å². The molecule has 0 aliphatic carbocycles. The van der Waals surface area contributed by atoms with Crippen LogP contribution in [0.3, 0.4) is 0 Å². The average Bonchev–Trinajstić information content (AvgIpc) is 3.59. The maximum atomic E-state index is 13.3. The highest BCUT2D eigenvalue weighted by Gasteiger charge is 2.65. The maximum absolute atomic E-state index is 13.3. The van der Waals surface area contributed by atoms with E-state index in [0.29, 0.717) is 22.6 Å². The number of aromatic nitrogens is 2. The number of ether oxygens (including phenoxy) is 5. The largest absolute Gasteiger partial charge is 0.559 e. The van der Waals surface area contributed by atoms with Crippen molar-refractivity contribution in [1.29, 1.82) is 0 Å². The van der Waals surface area contributed by atoms with Gasteiger partial charge in [-0.3, -0.25) is 18.9 Å². The van der Waals surface area contributed by atoms with Crippen LogP contribution in [0.2, 0.25) is 0 Å². The molecule has 23 heteroatoms. The van der Waals surface area contributed by atoms with Crippen molar-refractivity contribution in [3.63, 3.8) is 0 Å². The van der Waals surface area contributed by atoms with Gasteiger partial charge in [0, 0.05) is 25.6 Å². The lowest BCUT2D eigenvalue weighted by Gasteiger charge is -2.24. The SMILES string of the molecule is O.O=C(CCOCCOCCOCCNC(=O)COc1ccc2c(c1)OCC(c1ccc(F)cc1)C2=O)NCC(O)Cn1cc[n+](CC(O)([P+](=O)O)P(=O)(O)O)c1.